The minimum Gasteiger partial charge on any atom is -0.355 e. The minimum atomic E-state index is 0.141. The van der Waals surface area contributed by atoms with Gasteiger partial charge in [0.15, 0.2) is 0 Å². The number of nitrogens with one attached hydrogen (secondary N) is 1. The van der Waals surface area contributed by atoms with Crippen molar-refractivity contribution in [2.75, 3.05) is 26.2 Å². The van der Waals surface area contributed by atoms with Crippen molar-refractivity contribution in [1.29, 1.82) is 0 Å². The van der Waals surface area contributed by atoms with E-state index in [9.17, 15) is 4.79 Å². The van der Waals surface area contributed by atoms with E-state index in [0.29, 0.717) is 6.42 Å². The molecular formula is C14H22N2OS. The number of nitrogens with zero attached hydrogens (tertiary/aromatic N) is 1. The molecule has 0 radical (unpaired) electrons. The highest BCUT2D eigenvalue weighted by Crippen LogP contribution is 2.14. The molecule has 3 nitrogen and oxygen atoms in total. The highest BCUT2D eigenvalue weighted by molar-refractivity contribution is 7.10. The van der Waals surface area contributed by atoms with Crippen LogP contribution in [0.5, 0.6) is 0 Å². The van der Waals surface area contributed by atoms with E-state index in [-0.39, 0.29) is 5.91 Å². The van der Waals surface area contributed by atoms with Crippen molar-refractivity contribution in [2.45, 2.75) is 26.2 Å². The smallest absolute Gasteiger partial charge is 0.225 e. The van der Waals surface area contributed by atoms with Gasteiger partial charge < -0.3 is 10.2 Å². The van der Waals surface area contributed by atoms with Crippen LogP contribution in [0.2, 0.25) is 0 Å². The maximum Gasteiger partial charge on any atom is 0.225 e. The van der Waals surface area contributed by atoms with Crippen LogP contribution in [0.25, 0.3) is 0 Å². The average molecular weight is 266 g/mol. The number of carbonyl (C=O) groups excluding carboxylic acids is 1. The molecule has 0 bridgehead atoms. The number of amides is 1. The van der Waals surface area contributed by atoms with Gasteiger partial charge in [-0.15, -0.1) is 11.3 Å². The first kappa shape index (κ1) is 13.6. The maximum atomic E-state index is 11.7. The van der Waals surface area contributed by atoms with Crippen molar-refractivity contribution >= 4 is 17.2 Å². The number of piperidine rings is 1. The highest BCUT2D eigenvalue weighted by Gasteiger charge is 2.15. The van der Waals surface area contributed by atoms with Gasteiger partial charge in [-0.05, 0) is 36.8 Å². The van der Waals surface area contributed by atoms with E-state index >= 15 is 0 Å². The van der Waals surface area contributed by atoms with Crippen LogP contribution in [0.15, 0.2) is 17.5 Å². The third-order valence-electron chi connectivity index (χ3n) is 3.41. The Bertz CT molecular complexity index is 364. The molecule has 0 unspecified atom stereocenters. The lowest BCUT2D eigenvalue weighted by Gasteiger charge is -2.30. The Labute approximate surface area is 113 Å². The predicted octanol–water partition coefficient (Wildman–Crippen LogP) is 2.14. The Morgan fingerprint density at radius 1 is 1.61 bits per heavy atom. The van der Waals surface area contributed by atoms with E-state index in [1.807, 2.05) is 17.5 Å². The van der Waals surface area contributed by atoms with Crippen molar-refractivity contribution in [3.63, 3.8) is 0 Å². The molecule has 1 saturated heterocycles. The van der Waals surface area contributed by atoms with E-state index in [1.54, 1.807) is 11.3 Å². The summed E-state index contributed by atoms with van der Waals surface area (Å²) in [7, 11) is 0. The fraction of sp³-hybridized carbons (Fsp3) is 0.643. The van der Waals surface area contributed by atoms with E-state index in [4.69, 9.17) is 0 Å². The van der Waals surface area contributed by atoms with Crippen molar-refractivity contribution in [3.05, 3.63) is 22.4 Å². The summed E-state index contributed by atoms with van der Waals surface area (Å²) in [6.45, 7) is 6.44. The monoisotopic (exact) mass is 266 g/mol. The van der Waals surface area contributed by atoms with Crippen LogP contribution in [-0.4, -0.2) is 37.0 Å². The maximum absolute atomic E-state index is 11.7. The Morgan fingerprint density at radius 3 is 3.22 bits per heavy atom. The fourth-order valence-electron chi connectivity index (χ4n) is 2.48. The summed E-state index contributed by atoms with van der Waals surface area (Å²) < 4.78 is 0. The van der Waals surface area contributed by atoms with Gasteiger partial charge in [-0.3, -0.25) is 4.79 Å². The number of hydrogen-bond acceptors (Lipinski definition) is 3. The largest absolute Gasteiger partial charge is 0.355 e. The second kappa shape index (κ2) is 6.90. The molecule has 1 atom stereocenters. The summed E-state index contributed by atoms with van der Waals surface area (Å²) in [6.07, 6.45) is 3.17. The van der Waals surface area contributed by atoms with Crippen LogP contribution in [0.3, 0.4) is 0 Å². The van der Waals surface area contributed by atoms with Gasteiger partial charge >= 0.3 is 0 Å². The van der Waals surface area contributed by atoms with Gasteiger partial charge in [0, 0.05) is 24.5 Å². The Hall–Kier alpha value is -0.870. The molecule has 1 amide bonds. The highest BCUT2D eigenvalue weighted by atomic mass is 32.1. The van der Waals surface area contributed by atoms with E-state index < -0.39 is 0 Å². The fourth-order valence-corrected chi connectivity index (χ4v) is 3.18. The molecule has 1 aliphatic rings. The van der Waals surface area contributed by atoms with Crippen molar-refractivity contribution in [3.8, 4) is 0 Å². The Kier molecular flexibility index (Phi) is 5.20. The number of rotatable bonds is 5. The first-order valence-corrected chi connectivity index (χ1v) is 7.63. The van der Waals surface area contributed by atoms with E-state index in [0.717, 1.165) is 23.9 Å². The van der Waals surface area contributed by atoms with Gasteiger partial charge in [-0.1, -0.05) is 13.0 Å². The summed E-state index contributed by atoms with van der Waals surface area (Å²) in [5, 5.41) is 5.02. The van der Waals surface area contributed by atoms with Crippen LogP contribution in [-0.2, 0) is 11.2 Å². The molecule has 1 aromatic rings. The second-order valence-electron chi connectivity index (χ2n) is 5.15. The summed E-state index contributed by atoms with van der Waals surface area (Å²) >= 11 is 1.64. The lowest BCUT2D eigenvalue weighted by atomic mass is 10.0. The molecule has 1 aliphatic heterocycles. The van der Waals surface area contributed by atoms with Crippen LogP contribution < -0.4 is 5.32 Å². The van der Waals surface area contributed by atoms with E-state index in [1.165, 1.54) is 25.9 Å². The average Bonchev–Trinajstić information content (AvgIpc) is 2.82. The predicted molar refractivity (Wildman–Crippen MR) is 75.9 cm³/mol. The van der Waals surface area contributed by atoms with Crippen molar-refractivity contribution in [1.82, 2.24) is 10.2 Å². The molecule has 100 valence electrons. The summed E-state index contributed by atoms with van der Waals surface area (Å²) in [4.78, 5) is 15.3. The first-order valence-electron chi connectivity index (χ1n) is 6.75. The summed E-state index contributed by atoms with van der Waals surface area (Å²) in [5.74, 6) is 0.947. The Morgan fingerprint density at radius 2 is 2.50 bits per heavy atom. The molecule has 0 spiro atoms. The molecule has 0 aliphatic carbocycles. The number of hydrogen-bond donors (Lipinski definition) is 1. The molecule has 1 aromatic heterocycles. The van der Waals surface area contributed by atoms with Crippen LogP contribution >= 0.6 is 11.3 Å². The second-order valence-corrected chi connectivity index (χ2v) is 6.19. The SMILES string of the molecule is C[C@@H]1CCCN(CCNC(=O)Cc2cccs2)C1. The van der Waals surface area contributed by atoms with Gasteiger partial charge in [-0.2, -0.15) is 0 Å². The van der Waals surface area contributed by atoms with Crippen LogP contribution in [0, 0.1) is 5.92 Å². The number of thiophene rings is 1. The quantitative estimate of drug-likeness (QED) is 0.885. The van der Waals surface area contributed by atoms with Gasteiger partial charge in [0.2, 0.25) is 5.91 Å². The lowest BCUT2D eigenvalue weighted by Crippen LogP contribution is -2.40. The lowest BCUT2D eigenvalue weighted by molar-refractivity contribution is -0.120. The molecule has 0 aromatic carbocycles. The van der Waals surface area contributed by atoms with Gasteiger partial charge in [-0.25, -0.2) is 0 Å². The zero-order chi connectivity index (χ0) is 12.8. The first-order chi connectivity index (χ1) is 8.74. The van der Waals surface area contributed by atoms with E-state index in [2.05, 4.69) is 17.1 Å². The molecule has 0 saturated carbocycles. The molecule has 1 fully saturated rings. The van der Waals surface area contributed by atoms with Crippen LogP contribution in [0.1, 0.15) is 24.6 Å². The van der Waals surface area contributed by atoms with Crippen LogP contribution in [0.4, 0.5) is 0 Å². The third kappa shape index (κ3) is 4.42. The number of likely N-dealkylation sites (tertiary alicyclic amines) is 1. The van der Waals surface area contributed by atoms with Crippen molar-refractivity contribution in [2.24, 2.45) is 5.92 Å². The van der Waals surface area contributed by atoms with Gasteiger partial charge in [0.05, 0.1) is 6.42 Å². The molecule has 18 heavy (non-hydrogen) atoms. The van der Waals surface area contributed by atoms with Gasteiger partial charge in [0.25, 0.3) is 0 Å². The topological polar surface area (TPSA) is 32.3 Å². The molecule has 4 heteroatoms. The van der Waals surface area contributed by atoms with Gasteiger partial charge in [0.1, 0.15) is 0 Å². The normalized spacial score (nSPS) is 20.8. The number of carbonyl (C=O) groups is 1. The molecule has 2 rings (SSSR count). The minimum absolute atomic E-state index is 0.141. The molecule has 2 heterocycles. The summed E-state index contributed by atoms with van der Waals surface area (Å²) in [6, 6.07) is 4.00. The zero-order valence-corrected chi connectivity index (χ0v) is 11.8. The standard InChI is InChI=1S/C14H22N2OS/c1-12-4-2-7-16(11-12)8-6-15-14(17)10-13-5-3-9-18-13/h3,5,9,12H,2,4,6-8,10-11H2,1H3,(H,15,17)/t12-/m1/s1. The Balaban J connectivity index is 1.61. The molecule has 1 N–H and O–H groups in total. The summed E-state index contributed by atoms with van der Waals surface area (Å²) in [5.41, 5.74) is 0. The third-order valence-corrected chi connectivity index (χ3v) is 4.28. The molecular weight excluding hydrogens is 244 g/mol. The van der Waals surface area contributed by atoms with Crippen molar-refractivity contribution < 1.29 is 4.79 Å². The zero-order valence-electron chi connectivity index (χ0n) is 11.0.